The molecule has 110 valence electrons. The molecule has 0 amide bonds. The van der Waals surface area contributed by atoms with E-state index in [1.807, 2.05) is 17.8 Å². The summed E-state index contributed by atoms with van der Waals surface area (Å²) in [6, 6.07) is 2.96. The van der Waals surface area contributed by atoms with Crippen LogP contribution in [0.4, 0.5) is 4.39 Å². The van der Waals surface area contributed by atoms with Crippen LogP contribution >= 0.6 is 23.2 Å². The highest BCUT2D eigenvalue weighted by molar-refractivity contribution is 6.31. The van der Waals surface area contributed by atoms with Gasteiger partial charge in [-0.05, 0) is 6.07 Å². The van der Waals surface area contributed by atoms with Crippen LogP contribution < -0.4 is 0 Å². The van der Waals surface area contributed by atoms with Crippen LogP contribution in [0.2, 0.25) is 5.02 Å². The maximum atomic E-state index is 13.8. The van der Waals surface area contributed by atoms with Gasteiger partial charge in [0.1, 0.15) is 11.6 Å². The Morgan fingerprint density at radius 1 is 1.33 bits per heavy atom. The predicted molar refractivity (Wildman–Crippen MR) is 81.4 cm³/mol. The highest BCUT2D eigenvalue weighted by atomic mass is 35.5. The van der Waals surface area contributed by atoms with Crippen molar-refractivity contribution in [3.8, 4) is 0 Å². The number of rotatable bonds is 4. The third kappa shape index (κ3) is 2.76. The summed E-state index contributed by atoms with van der Waals surface area (Å²) in [7, 11) is 1.86. The SMILES string of the molecule is Cn1cc(Cn2c(CCCl)nc3cc(Cl)c(F)cc32)cn1. The number of aryl methyl sites for hydroxylation is 2. The van der Waals surface area contributed by atoms with Crippen molar-refractivity contribution in [2.24, 2.45) is 7.05 Å². The van der Waals surface area contributed by atoms with Gasteiger partial charge >= 0.3 is 0 Å². The lowest BCUT2D eigenvalue weighted by Crippen LogP contribution is -2.05. The highest BCUT2D eigenvalue weighted by Crippen LogP contribution is 2.25. The summed E-state index contributed by atoms with van der Waals surface area (Å²) in [5, 5.41) is 4.22. The van der Waals surface area contributed by atoms with E-state index in [0.717, 1.165) is 11.4 Å². The number of benzene rings is 1. The molecule has 0 bridgehead atoms. The Hall–Kier alpha value is -1.59. The van der Waals surface area contributed by atoms with Gasteiger partial charge in [-0.25, -0.2) is 9.37 Å². The zero-order valence-electron chi connectivity index (χ0n) is 11.4. The molecule has 0 unspecified atom stereocenters. The first-order valence-electron chi connectivity index (χ1n) is 6.46. The Labute approximate surface area is 131 Å². The predicted octanol–water partition coefficient (Wildman–Crippen LogP) is 3.39. The standard InChI is InChI=1S/C14H13Cl2FN4/c1-20-7-9(6-18-20)8-21-13-5-11(17)10(16)4-12(13)19-14(21)2-3-15/h4-7H,2-3,8H2,1H3. The monoisotopic (exact) mass is 326 g/mol. The minimum atomic E-state index is -0.450. The number of hydrogen-bond acceptors (Lipinski definition) is 2. The zero-order chi connectivity index (χ0) is 15.0. The number of imidazole rings is 1. The molecule has 0 fully saturated rings. The van der Waals surface area contributed by atoms with Gasteiger partial charge in [0.2, 0.25) is 0 Å². The highest BCUT2D eigenvalue weighted by Gasteiger charge is 2.14. The third-order valence-electron chi connectivity index (χ3n) is 3.29. The minimum Gasteiger partial charge on any atom is -0.323 e. The molecule has 2 aromatic heterocycles. The summed E-state index contributed by atoms with van der Waals surface area (Å²) in [6.45, 7) is 0.567. The summed E-state index contributed by atoms with van der Waals surface area (Å²) in [6.07, 6.45) is 4.31. The van der Waals surface area contributed by atoms with Crippen LogP contribution in [0.5, 0.6) is 0 Å². The fourth-order valence-electron chi connectivity index (χ4n) is 2.36. The fourth-order valence-corrected chi connectivity index (χ4v) is 2.68. The van der Waals surface area contributed by atoms with Crippen LogP contribution in [0.3, 0.4) is 0 Å². The average molecular weight is 327 g/mol. The minimum absolute atomic E-state index is 0.0750. The smallest absolute Gasteiger partial charge is 0.144 e. The van der Waals surface area contributed by atoms with Gasteiger partial charge in [-0.2, -0.15) is 5.10 Å². The number of alkyl halides is 1. The normalized spacial score (nSPS) is 11.4. The molecular weight excluding hydrogens is 314 g/mol. The van der Waals surface area contributed by atoms with E-state index in [0.29, 0.717) is 29.9 Å². The van der Waals surface area contributed by atoms with Gasteiger partial charge < -0.3 is 4.57 Å². The summed E-state index contributed by atoms with van der Waals surface area (Å²) >= 11 is 11.7. The van der Waals surface area contributed by atoms with Crippen LogP contribution in [0.15, 0.2) is 24.5 Å². The Bertz CT molecular complexity index is 794. The van der Waals surface area contributed by atoms with Crippen molar-refractivity contribution in [1.29, 1.82) is 0 Å². The van der Waals surface area contributed by atoms with Crippen molar-refractivity contribution in [2.45, 2.75) is 13.0 Å². The van der Waals surface area contributed by atoms with Crippen LogP contribution in [0.25, 0.3) is 11.0 Å². The Balaban J connectivity index is 2.12. The maximum absolute atomic E-state index is 13.8. The first kappa shape index (κ1) is 14.4. The van der Waals surface area contributed by atoms with Crippen molar-refractivity contribution < 1.29 is 4.39 Å². The van der Waals surface area contributed by atoms with E-state index in [2.05, 4.69) is 10.1 Å². The van der Waals surface area contributed by atoms with Gasteiger partial charge in [0.05, 0.1) is 28.8 Å². The van der Waals surface area contributed by atoms with Crippen LogP contribution in [-0.2, 0) is 20.0 Å². The molecule has 0 aliphatic rings. The molecule has 0 saturated carbocycles. The summed E-state index contributed by atoms with van der Waals surface area (Å²) in [5.41, 5.74) is 2.40. The summed E-state index contributed by atoms with van der Waals surface area (Å²) in [5.74, 6) is 0.812. The zero-order valence-corrected chi connectivity index (χ0v) is 12.9. The van der Waals surface area contributed by atoms with Crippen LogP contribution in [0.1, 0.15) is 11.4 Å². The van der Waals surface area contributed by atoms with Gasteiger partial charge in [-0.15, -0.1) is 11.6 Å². The van der Waals surface area contributed by atoms with Gasteiger partial charge in [-0.3, -0.25) is 4.68 Å². The van der Waals surface area contributed by atoms with Crippen LogP contribution in [-0.4, -0.2) is 25.2 Å². The number of aromatic nitrogens is 4. The summed E-state index contributed by atoms with van der Waals surface area (Å²) < 4.78 is 17.4. The second-order valence-electron chi connectivity index (χ2n) is 4.83. The largest absolute Gasteiger partial charge is 0.323 e. The van der Waals surface area contributed by atoms with Crippen molar-refractivity contribution >= 4 is 34.2 Å². The lowest BCUT2D eigenvalue weighted by Gasteiger charge is -2.07. The number of hydrogen-bond donors (Lipinski definition) is 0. The molecule has 4 nitrogen and oxygen atoms in total. The molecule has 21 heavy (non-hydrogen) atoms. The molecule has 0 saturated heterocycles. The van der Waals surface area contributed by atoms with E-state index in [1.165, 1.54) is 6.07 Å². The number of halogens is 3. The second-order valence-corrected chi connectivity index (χ2v) is 5.62. The molecule has 0 atom stereocenters. The molecule has 0 aliphatic carbocycles. The summed E-state index contributed by atoms with van der Waals surface area (Å²) in [4.78, 5) is 4.51. The van der Waals surface area contributed by atoms with Gasteiger partial charge in [0.15, 0.2) is 0 Å². The van der Waals surface area contributed by atoms with Crippen molar-refractivity contribution in [2.75, 3.05) is 5.88 Å². The molecule has 3 rings (SSSR count). The van der Waals surface area contributed by atoms with Gasteiger partial charge in [0, 0.05) is 37.2 Å². The van der Waals surface area contributed by atoms with Gasteiger partial charge in [-0.1, -0.05) is 11.6 Å². The van der Waals surface area contributed by atoms with Crippen molar-refractivity contribution in [3.05, 3.63) is 46.8 Å². The fraction of sp³-hybridized carbons (Fsp3) is 0.286. The number of nitrogens with zero attached hydrogens (tertiary/aromatic N) is 4. The van der Waals surface area contributed by atoms with Crippen molar-refractivity contribution in [1.82, 2.24) is 19.3 Å². The molecule has 7 heteroatoms. The molecule has 0 aliphatic heterocycles. The Morgan fingerprint density at radius 2 is 2.14 bits per heavy atom. The first-order valence-corrected chi connectivity index (χ1v) is 7.37. The lowest BCUT2D eigenvalue weighted by molar-refractivity contribution is 0.628. The average Bonchev–Trinajstić information content (AvgIpc) is 2.97. The number of fused-ring (bicyclic) bond motifs is 1. The van der Waals surface area contributed by atoms with E-state index >= 15 is 0 Å². The molecule has 0 radical (unpaired) electrons. The second kappa shape index (κ2) is 5.66. The van der Waals surface area contributed by atoms with Crippen LogP contribution in [0, 0.1) is 5.82 Å². The lowest BCUT2D eigenvalue weighted by atomic mass is 10.3. The van der Waals surface area contributed by atoms with E-state index in [-0.39, 0.29) is 5.02 Å². The quantitative estimate of drug-likeness (QED) is 0.689. The van der Waals surface area contributed by atoms with E-state index in [1.54, 1.807) is 16.9 Å². The molecule has 2 heterocycles. The topological polar surface area (TPSA) is 35.6 Å². The van der Waals surface area contributed by atoms with E-state index in [4.69, 9.17) is 23.2 Å². The molecule has 3 aromatic rings. The molecule has 0 spiro atoms. The molecular formula is C14H13Cl2FN4. The first-order chi connectivity index (χ1) is 10.1. The Morgan fingerprint density at radius 3 is 2.81 bits per heavy atom. The van der Waals surface area contributed by atoms with E-state index in [9.17, 15) is 4.39 Å². The van der Waals surface area contributed by atoms with Crippen molar-refractivity contribution in [3.63, 3.8) is 0 Å². The van der Waals surface area contributed by atoms with E-state index < -0.39 is 5.82 Å². The maximum Gasteiger partial charge on any atom is 0.144 e. The Kier molecular flexibility index (Phi) is 3.87. The molecule has 0 N–H and O–H groups in total. The molecule has 1 aromatic carbocycles. The van der Waals surface area contributed by atoms with Gasteiger partial charge in [0.25, 0.3) is 0 Å². The third-order valence-corrected chi connectivity index (χ3v) is 3.77.